The zero-order valence-corrected chi connectivity index (χ0v) is 18.6. The van der Waals surface area contributed by atoms with Crippen LogP contribution in [-0.2, 0) is 17.8 Å². The molecule has 1 aliphatic carbocycles. The van der Waals surface area contributed by atoms with Crippen LogP contribution in [0.2, 0.25) is 0 Å². The zero-order chi connectivity index (χ0) is 21.4. The number of rotatable bonds is 5. The Hall–Kier alpha value is -2.70. The second-order valence-corrected chi connectivity index (χ2v) is 9.29. The zero-order valence-electron chi connectivity index (χ0n) is 16.2. The van der Waals surface area contributed by atoms with E-state index in [0.717, 1.165) is 11.1 Å². The molecule has 5 rings (SSSR count). The standard InChI is InChI=1S/C23H16ClNO4S2/c24-17-5-3-1-2-4-16(17)18-9-7-15(29-18)11-21-22(26)25(23(30)31-21)12-14-6-8-19-20(10-14)28-13-27-19/h2-10,21H,11-13H2. The topological polar surface area (TPSA) is 51.9 Å². The molecule has 0 bridgehead atoms. The summed E-state index contributed by atoms with van der Waals surface area (Å²) in [5.41, 5.74) is 4.69. The highest BCUT2D eigenvalue weighted by molar-refractivity contribution is 8.24. The van der Waals surface area contributed by atoms with Gasteiger partial charge in [0.1, 0.15) is 15.8 Å². The van der Waals surface area contributed by atoms with Crippen LogP contribution in [0.4, 0.5) is 0 Å². The van der Waals surface area contributed by atoms with Gasteiger partial charge in [-0.1, -0.05) is 41.6 Å². The van der Waals surface area contributed by atoms with Crippen molar-refractivity contribution in [2.24, 2.45) is 0 Å². The third-order valence-electron chi connectivity index (χ3n) is 5.03. The fraction of sp³-hybridized carbons (Fsp3) is 0.174. The summed E-state index contributed by atoms with van der Waals surface area (Å²) in [6.45, 7) is 0.613. The molecule has 0 radical (unpaired) electrons. The summed E-state index contributed by atoms with van der Waals surface area (Å²) in [5.74, 6) is 2.74. The van der Waals surface area contributed by atoms with E-state index < -0.39 is 0 Å². The Morgan fingerprint density at radius 2 is 2.00 bits per heavy atom. The molecule has 1 amide bonds. The van der Waals surface area contributed by atoms with Crippen LogP contribution in [0.5, 0.6) is 11.5 Å². The highest BCUT2D eigenvalue weighted by atomic mass is 35.5. The van der Waals surface area contributed by atoms with Crippen molar-refractivity contribution in [1.29, 1.82) is 0 Å². The first-order chi connectivity index (χ1) is 15.1. The predicted octanol–water partition coefficient (Wildman–Crippen LogP) is 5.21. The summed E-state index contributed by atoms with van der Waals surface area (Å²) in [4.78, 5) is 14.7. The molecule has 5 nitrogen and oxygen atoms in total. The number of fused-ring (bicyclic) bond motifs is 1. The van der Waals surface area contributed by atoms with Gasteiger partial charge in [0.05, 0.1) is 16.8 Å². The van der Waals surface area contributed by atoms with Crippen molar-refractivity contribution < 1.29 is 18.7 Å². The number of thioether (sulfide) groups is 1. The number of carbonyl (C=O) groups is 1. The lowest BCUT2D eigenvalue weighted by molar-refractivity contribution is -0.126. The van der Waals surface area contributed by atoms with E-state index in [1.165, 1.54) is 11.8 Å². The van der Waals surface area contributed by atoms with Crippen molar-refractivity contribution in [3.05, 3.63) is 82.5 Å². The monoisotopic (exact) mass is 469 g/mol. The summed E-state index contributed by atoms with van der Waals surface area (Å²) in [7, 11) is 0. The van der Waals surface area contributed by atoms with Gasteiger partial charge in [-0.3, -0.25) is 9.69 Å². The second-order valence-electron chi connectivity index (χ2n) is 7.05. The van der Waals surface area contributed by atoms with Crippen LogP contribution in [-0.4, -0.2) is 27.2 Å². The number of nitrogens with zero attached hydrogens (tertiary/aromatic N) is 1. The van der Waals surface area contributed by atoms with Crippen LogP contribution in [0, 0.1) is 0 Å². The number of halogens is 1. The summed E-state index contributed by atoms with van der Waals surface area (Å²) in [6.07, 6.45) is 7.60. The molecule has 1 atom stereocenters. The molecule has 1 saturated heterocycles. The van der Waals surface area contributed by atoms with Crippen molar-refractivity contribution in [1.82, 2.24) is 4.90 Å². The second kappa shape index (κ2) is 8.44. The maximum atomic E-state index is 13.0. The van der Waals surface area contributed by atoms with Crippen molar-refractivity contribution >= 4 is 51.4 Å². The average Bonchev–Trinajstić information content (AvgIpc) is 3.43. The quantitative estimate of drug-likeness (QED) is 0.442. The van der Waals surface area contributed by atoms with E-state index in [2.05, 4.69) is 5.73 Å². The molecule has 3 aliphatic rings. The van der Waals surface area contributed by atoms with E-state index >= 15 is 0 Å². The lowest BCUT2D eigenvalue weighted by Gasteiger charge is -2.15. The van der Waals surface area contributed by atoms with E-state index in [9.17, 15) is 4.79 Å². The minimum Gasteiger partial charge on any atom is -0.461 e. The van der Waals surface area contributed by atoms with Gasteiger partial charge in [0.2, 0.25) is 12.7 Å². The molecule has 31 heavy (non-hydrogen) atoms. The van der Waals surface area contributed by atoms with E-state index in [1.54, 1.807) is 23.1 Å². The molecule has 1 fully saturated rings. The van der Waals surface area contributed by atoms with Gasteiger partial charge >= 0.3 is 0 Å². The number of furan rings is 1. The van der Waals surface area contributed by atoms with Gasteiger partial charge in [-0.2, -0.15) is 0 Å². The van der Waals surface area contributed by atoms with Gasteiger partial charge in [-0.25, -0.2) is 0 Å². The molecule has 156 valence electrons. The number of allylic oxidation sites excluding steroid dienone is 5. The molecule has 3 heterocycles. The lowest BCUT2D eigenvalue weighted by atomic mass is 10.1. The van der Waals surface area contributed by atoms with Crippen LogP contribution in [0.25, 0.3) is 5.57 Å². The minimum absolute atomic E-state index is 0.0237. The van der Waals surface area contributed by atoms with Crippen molar-refractivity contribution in [3.8, 4) is 11.5 Å². The molecule has 0 spiro atoms. The highest BCUT2D eigenvalue weighted by Gasteiger charge is 2.37. The first-order valence-corrected chi connectivity index (χ1v) is 11.2. The summed E-state index contributed by atoms with van der Waals surface area (Å²) >= 11 is 13.2. The normalized spacial score (nSPS) is 19.6. The van der Waals surface area contributed by atoms with Gasteiger partial charge in [0.25, 0.3) is 0 Å². The Kier molecular flexibility index (Phi) is 5.50. The van der Waals surface area contributed by atoms with Crippen molar-refractivity contribution in [2.75, 3.05) is 6.79 Å². The summed E-state index contributed by atoms with van der Waals surface area (Å²) in [6, 6.07) is 9.39. The van der Waals surface area contributed by atoms with Crippen LogP contribution in [0.1, 0.15) is 17.1 Å². The van der Waals surface area contributed by atoms with E-state index in [0.29, 0.717) is 45.3 Å². The number of amides is 1. The SMILES string of the molecule is O=C1C(Cc2ccc(C3=CC=C=CC=C3Cl)o2)SC(=S)N1Cc1ccc2c(c1)OCO2. The van der Waals surface area contributed by atoms with Crippen molar-refractivity contribution in [2.45, 2.75) is 18.2 Å². The van der Waals surface area contributed by atoms with E-state index in [-0.39, 0.29) is 18.0 Å². The Morgan fingerprint density at radius 1 is 1.16 bits per heavy atom. The Balaban J connectivity index is 1.28. The van der Waals surface area contributed by atoms with Gasteiger partial charge in [0, 0.05) is 12.0 Å². The van der Waals surface area contributed by atoms with Crippen LogP contribution >= 0.6 is 35.6 Å². The number of ether oxygens (including phenoxy) is 2. The molecular weight excluding hydrogens is 454 g/mol. The minimum atomic E-state index is -0.323. The molecule has 1 aromatic carbocycles. The predicted molar refractivity (Wildman–Crippen MR) is 124 cm³/mol. The van der Waals surface area contributed by atoms with Gasteiger partial charge < -0.3 is 13.9 Å². The van der Waals surface area contributed by atoms with Gasteiger partial charge in [-0.05, 0) is 54.1 Å². The number of benzene rings is 1. The number of carbonyl (C=O) groups excluding carboxylic acids is 1. The molecule has 0 saturated carbocycles. The number of thiocarbonyl (C=S) groups is 1. The van der Waals surface area contributed by atoms with Gasteiger partial charge in [-0.15, -0.1) is 5.73 Å². The molecule has 8 heteroatoms. The average molecular weight is 470 g/mol. The van der Waals surface area contributed by atoms with Crippen LogP contribution in [0.3, 0.4) is 0 Å². The molecule has 1 unspecified atom stereocenters. The maximum Gasteiger partial charge on any atom is 0.242 e. The Morgan fingerprint density at radius 3 is 2.90 bits per heavy atom. The number of hydrogen-bond acceptors (Lipinski definition) is 6. The first kappa shape index (κ1) is 20.2. The molecule has 1 aromatic heterocycles. The fourth-order valence-corrected chi connectivity index (χ4v) is 5.21. The fourth-order valence-electron chi connectivity index (χ4n) is 3.49. The third-order valence-corrected chi connectivity index (χ3v) is 6.94. The Bertz CT molecular complexity index is 1210. The molecular formula is C23H16ClNO4S2. The molecule has 0 N–H and O–H groups in total. The maximum absolute atomic E-state index is 13.0. The summed E-state index contributed by atoms with van der Waals surface area (Å²) in [5, 5.41) is 0.251. The third kappa shape index (κ3) is 4.10. The lowest BCUT2D eigenvalue weighted by Crippen LogP contribution is -2.31. The largest absolute Gasteiger partial charge is 0.461 e. The Labute approximate surface area is 193 Å². The van der Waals surface area contributed by atoms with E-state index in [1.807, 2.05) is 36.4 Å². The van der Waals surface area contributed by atoms with Crippen LogP contribution < -0.4 is 9.47 Å². The first-order valence-electron chi connectivity index (χ1n) is 9.57. The van der Waals surface area contributed by atoms with Crippen LogP contribution in [0.15, 0.2) is 69.8 Å². The van der Waals surface area contributed by atoms with Crippen molar-refractivity contribution in [3.63, 3.8) is 0 Å². The van der Waals surface area contributed by atoms with E-state index in [4.69, 9.17) is 37.7 Å². The summed E-state index contributed by atoms with van der Waals surface area (Å²) < 4.78 is 17.3. The molecule has 2 aromatic rings. The number of hydrogen-bond donors (Lipinski definition) is 0. The molecule has 2 aliphatic heterocycles. The van der Waals surface area contributed by atoms with Gasteiger partial charge in [0.15, 0.2) is 11.5 Å². The smallest absolute Gasteiger partial charge is 0.242 e. The highest BCUT2D eigenvalue weighted by Crippen LogP contribution is 2.36.